The Morgan fingerprint density at radius 3 is 3.03 bits per heavy atom. The van der Waals surface area contributed by atoms with Gasteiger partial charge in [0.2, 0.25) is 5.91 Å². The summed E-state index contributed by atoms with van der Waals surface area (Å²) < 4.78 is 19.7. The first kappa shape index (κ1) is 20.7. The van der Waals surface area contributed by atoms with E-state index in [1.54, 1.807) is 18.4 Å². The quantitative estimate of drug-likeness (QED) is 0.577. The molecule has 1 fully saturated rings. The van der Waals surface area contributed by atoms with Crippen molar-refractivity contribution in [2.75, 3.05) is 29.9 Å². The van der Waals surface area contributed by atoms with E-state index in [9.17, 15) is 14.0 Å². The molecule has 1 N–H and O–H groups in total. The van der Waals surface area contributed by atoms with Crippen LogP contribution in [0.4, 0.5) is 14.7 Å². The minimum absolute atomic E-state index is 0.0889. The molecule has 3 heterocycles. The van der Waals surface area contributed by atoms with E-state index in [-0.39, 0.29) is 30.0 Å². The second kappa shape index (κ2) is 9.05. The Morgan fingerprint density at radius 2 is 2.23 bits per heavy atom. The van der Waals surface area contributed by atoms with Crippen molar-refractivity contribution in [1.82, 2.24) is 9.97 Å². The summed E-state index contributed by atoms with van der Waals surface area (Å²) in [5.74, 6) is -0.989. The van der Waals surface area contributed by atoms with Crippen LogP contribution in [0.1, 0.15) is 25.5 Å². The smallest absolute Gasteiger partial charge is 0.311 e. The molecule has 1 atom stereocenters. The number of ether oxygens (including phenoxy) is 1. The van der Waals surface area contributed by atoms with Crippen LogP contribution in [0.5, 0.6) is 0 Å². The zero-order valence-electron chi connectivity index (χ0n) is 16.4. The van der Waals surface area contributed by atoms with E-state index < -0.39 is 0 Å². The molecule has 0 spiro atoms. The van der Waals surface area contributed by atoms with Gasteiger partial charge in [0.25, 0.3) is 0 Å². The monoisotopic (exact) mass is 448 g/mol. The highest BCUT2D eigenvalue weighted by Crippen LogP contribution is 2.33. The van der Waals surface area contributed by atoms with Crippen LogP contribution in [0.15, 0.2) is 23.6 Å². The van der Waals surface area contributed by atoms with E-state index in [0.29, 0.717) is 29.5 Å². The lowest BCUT2D eigenvalue weighted by Crippen LogP contribution is -2.40. The van der Waals surface area contributed by atoms with E-state index in [1.807, 2.05) is 11.0 Å². The van der Waals surface area contributed by atoms with E-state index in [4.69, 9.17) is 4.74 Å². The Bertz CT molecular complexity index is 1070. The summed E-state index contributed by atoms with van der Waals surface area (Å²) in [6.45, 7) is 3.38. The van der Waals surface area contributed by atoms with Crippen molar-refractivity contribution in [3.8, 4) is 0 Å². The number of rotatable bonds is 6. The highest BCUT2D eigenvalue weighted by atomic mass is 32.1. The summed E-state index contributed by atoms with van der Waals surface area (Å²) in [5, 5.41) is 5.81. The molecule has 0 radical (unpaired) electrons. The number of nitrogens with zero attached hydrogens (tertiary/aromatic N) is 3. The Hall–Kier alpha value is -2.59. The van der Waals surface area contributed by atoms with Crippen molar-refractivity contribution in [2.45, 2.75) is 26.2 Å². The lowest BCUT2D eigenvalue weighted by Gasteiger charge is -2.31. The fourth-order valence-corrected chi connectivity index (χ4v) is 5.14. The average Bonchev–Trinajstić information content (AvgIpc) is 3.36. The molecule has 1 amide bonds. The van der Waals surface area contributed by atoms with Gasteiger partial charge in [0.05, 0.1) is 29.3 Å². The van der Waals surface area contributed by atoms with Gasteiger partial charge in [0.1, 0.15) is 11.3 Å². The summed E-state index contributed by atoms with van der Waals surface area (Å²) in [6, 6.07) is 4.93. The van der Waals surface area contributed by atoms with Crippen LogP contribution in [0.3, 0.4) is 0 Å². The summed E-state index contributed by atoms with van der Waals surface area (Å²) in [5.41, 5.74) is 0.955. The Kier molecular flexibility index (Phi) is 6.24. The van der Waals surface area contributed by atoms with Crippen LogP contribution in [-0.4, -0.2) is 41.5 Å². The molecular formula is C20H21FN4O3S2. The SMILES string of the molecule is CCOC(=O)Cc1csc(NC(=O)C2CCCN(c3nc4c(F)cccc4s3)C2)n1. The van der Waals surface area contributed by atoms with Gasteiger partial charge < -0.3 is 15.0 Å². The number of fused-ring (bicyclic) bond motifs is 1. The minimum Gasteiger partial charge on any atom is -0.466 e. The van der Waals surface area contributed by atoms with Crippen molar-refractivity contribution in [3.05, 3.63) is 35.1 Å². The highest BCUT2D eigenvalue weighted by molar-refractivity contribution is 7.22. The van der Waals surface area contributed by atoms with Gasteiger partial charge in [-0.2, -0.15) is 0 Å². The maximum Gasteiger partial charge on any atom is 0.311 e. The number of para-hydroxylation sites is 1. The first-order chi connectivity index (χ1) is 14.5. The standard InChI is InChI=1S/C20H21FN4O3S2/c1-2-28-16(26)9-13-11-29-19(22-13)24-18(27)12-5-4-8-25(10-12)20-23-17-14(21)6-3-7-15(17)30-20/h3,6-7,11-12H,2,4-5,8-10H2,1H3,(H,22,24,27). The third-order valence-electron chi connectivity index (χ3n) is 4.83. The lowest BCUT2D eigenvalue weighted by atomic mass is 9.97. The molecule has 1 aliphatic heterocycles. The van der Waals surface area contributed by atoms with Gasteiger partial charge in [0, 0.05) is 18.5 Å². The number of carbonyl (C=O) groups excluding carboxylic acids is 2. The van der Waals surface area contributed by atoms with E-state index in [0.717, 1.165) is 29.2 Å². The number of piperidine rings is 1. The number of halogens is 1. The topological polar surface area (TPSA) is 84.4 Å². The number of hydrogen-bond acceptors (Lipinski definition) is 8. The summed E-state index contributed by atoms with van der Waals surface area (Å²) >= 11 is 2.72. The molecule has 0 aliphatic carbocycles. The van der Waals surface area contributed by atoms with Crippen molar-refractivity contribution in [1.29, 1.82) is 0 Å². The van der Waals surface area contributed by atoms with Gasteiger partial charge in [-0.1, -0.05) is 17.4 Å². The average molecular weight is 449 g/mol. The Balaban J connectivity index is 1.39. The third-order valence-corrected chi connectivity index (χ3v) is 6.72. The van der Waals surface area contributed by atoms with Crippen LogP contribution in [0.2, 0.25) is 0 Å². The number of anilines is 2. The molecule has 1 aliphatic rings. The number of esters is 1. The van der Waals surface area contributed by atoms with E-state index in [2.05, 4.69) is 15.3 Å². The van der Waals surface area contributed by atoms with Crippen molar-refractivity contribution in [2.24, 2.45) is 5.92 Å². The van der Waals surface area contributed by atoms with Crippen LogP contribution in [0, 0.1) is 11.7 Å². The molecule has 1 saturated heterocycles. The molecule has 2 aromatic heterocycles. The van der Waals surface area contributed by atoms with Gasteiger partial charge in [0.15, 0.2) is 10.3 Å². The maximum atomic E-state index is 14.0. The number of benzene rings is 1. The molecule has 1 unspecified atom stereocenters. The number of thiazole rings is 2. The van der Waals surface area contributed by atoms with Crippen molar-refractivity contribution >= 4 is 55.0 Å². The van der Waals surface area contributed by atoms with E-state index in [1.165, 1.54) is 28.7 Å². The highest BCUT2D eigenvalue weighted by Gasteiger charge is 2.28. The van der Waals surface area contributed by atoms with Crippen molar-refractivity contribution in [3.63, 3.8) is 0 Å². The first-order valence-electron chi connectivity index (χ1n) is 9.74. The van der Waals surface area contributed by atoms with Crippen LogP contribution < -0.4 is 10.2 Å². The third kappa shape index (κ3) is 4.59. The number of nitrogens with one attached hydrogen (secondary N) is 1. The van der Waals surface area contributed by atoms with Gasteiger partial charge in [-0.3, -0.25) is 9.59 Å². The summed E-state index contributed by atoms with van der Waals surface area (Å²) in [4.78, 5) is 35.1. The number of amides is 1. The first-order valence-corrected chi connectivity index (χ1v) is 11.4. The fourth-order valence-electron chi connectivity index (χ4n) is 3.42. The van der Waals surface area contributed by atoms with Crippen LogP contribution in [0.25, 0.3) is 10.2 Å². The maximum absolute atomic E-state index is 14.0. The molecule has 0 saturated carbocycles. The lowest BCUT2D eigenvalue weighted by molar-refractivity contribution is -0.142. The zero-order chi connectivity index (χ0) is 21.1. The molecular weight excluding hydrogens is 427 g/mol. The Labute approximate surface area is 180 Å². The second-order valence-corrected chi connectivity index (χ2v) is 8.85. The molecule has 10 heteroatoms. The van der Waals surface area contributed by atoms with Crippen LogP contribution >= 0.6 is 22.7 Å². The van der Waals surface area contributed by atoms with Gasteiger partial charge in [-0.15, -0.1) is 11.3 Å². The molecule has 0 bridgehead atoms. The molecule has 30 heavy (non-hydrogen) atoms. The molecule has 158 valence electrons. The number of aromatic nitrogens is 2. The van der Waals surface area contributed by atoms with Crippen LogP contribution in [-0.2, 0) is 20.7 Å². The summed E-state index contributed by atoms with van der Waals surface area (Å²) in [7, 11) is 0. The second-order valence-electron chi connectivity index (χ2n) is 6.98. The summed E-state index contributed by atoms with van der Waals surface area (Å²) in [6.07, 6.45) is 1.71. The van der Waals surface area contributed by atoms with E-state index >= 15 is 0 Å². The zero-order valence-corrected chi connectivity index (χ0v) is 18.0. The molecule has 7 nitrogen and oxygen atoms in total. The minimum atomic E-state index is -0.337. The Morgan fingerprint density at radius 1 is 1.37 bits per heavy atom. The van der Waals surface area contributed by atoms with Gasteiger partial charge >= 0.3 is 5.97 Å². The van der Waals surface area contributed by atoms with Crippen molar-refractivity contribution < 1.29 is 18.7 Å². The number of hydrogen-bond donors (Lipinski definition) is 1. The number of carbonyl (C=O) groups is 2. The van der Waals surface area contributed by atoms with Gasteiger partial charge in [-0.05, 0) is 31.9 Å². The molecule has 4 rings (SSSR count). The van der Waals surface area contributed by atoms with Gasteiger partial charge in [-0.25, -0.2) is 14.4 Å². The predicted octanol–water partition coefficient (Wildman–Crippen LogP) is 3.85. The predicted molar refractivity (Wildman–Crippen MR) is 116 cm³/mol. The normalized spacial score (nSPS) is 16.6. The molecule has 1 aromatic carbocycles. The largest absolute Gasteiger partial charge is 0.466 e. The fraction of sp³-hybridized carbons (Fsp3) is 0.400. The molecule has 3 aromatic rings.